The van der Waals surface area contributed by atoms with Crippen molar-refractivity contribution >= 4 is 23.2 Å². The van der Waals surface area contributed by atoms with E-state index in [0.29, 0.717) is 5.02 Å². The molecule has 0 saturated carbocycles. The van der Waals surface area contributed by atoms with Gasteiger partial charge in [-0.1, -0.05) is 17.7 Å². The lowest BCUT2D eigenvalue weighted by atomic mass is 10.0. The summed E-state index contributed by atoms with van der Waals surface area (Å²) < 4.78 is 5.02. The van der Waals surface area contributed by atoms with Crippen LogP contribution in [-0.2, 0) is 0 Å². The minimum absolute atomic E-state index is 0.259. The molecule has 1 aromatic carbocycles. The monoisotopic (exact) mass is 254 g/mol. The molecule has 84 valence electrons. The summed E-state index contributed by atoms with van der Waals surface area (Å²) in [7, 11) is 0. The van der Waals surface area contributed by atoms with Crippen LogP contribution in [0.15, 0.2) is 35.1 Å². The third kappa shape index (κ3) is 2.11. The molecular weight excluding hydrogens is 243 g/mol. The van der Waals surface area contributed by atoms with Crippen molar-refractivity contribution in [3.05, 3.63) is 58.0 Å². The van der Waals surface area contributed by atoms with Crippen LogP contribution in [0, 0.1) is 13.8 Å². The van der Waals surface area contributed by atoms with Crippen molar-refractivity contribution in [2.45, 2.75) is 19.2 Å². The van der Waals surface area contributed by atoms with Gasteiger partial charge in [0, 0.05) is 10.6 Å². The number of furan rings is 1. The average Bonchev–Trinajstić information content (AvgIpc) is 2.75. The Balaban J connectivity index is 2.44. The van der Waals surface area contributed by atoms with Gasteiger partial charge >= 0.3 is 0 Å². The first-order valence-corrected chi connectivity index (χ1v) is 5.84. The molecule has 0 bridgehead atoms. The maximum atomic E-state index is 6.36. The zero-order valence-corrected chi connectivity index (χ0v) is 10.6. The van der Waals surface area contributed by atoms with Crippen molar-refractivity contribution in [1.29, 1.82) is 0 Å². The largest absolute Gasteiger partial charge is 0.472 e. The molecule has 1 unspecified atom stereocenters. The van der Waals surface area contributed by atoms with Gasteiger partial charge < -0.3 is 4.42 Å². The van der Waals surface area contributed by atoms with Crippen LogP contribution in [0.4, 0.5) is 0 Å². The summed E-state index contributed by atoms with van der Waals surface area (Å²) in [5.41, 5.74) is 4.21. The quantitative estimate of drug-likeness (QED) is 0.697. The SMILES string of the molecule is Cc1cc(Cl)c(C(Cl)c2ccoc2)cc1C. The number of benzene rings is 1. The molecule has 16 heavy (non-hydrogen) atoms. The Morgan fingerprint density at radius 3 is 2.50 bits per heavy atom. The first-order chi connectivity index (χ1) is 7.59. The van der Waals surface area contributed by atoms with Gasteiger partial charge in [-0.05, 0) is 42.7 Å². The van der Waals surface area contributed by atoms with Crippen LogP contribution in [0.5, 0.6) is 0 Å². The number of hydrogen-bond acceptors (Lipinski definition) is 1. The second-order valence-electron chi connectivity index (χ2n) is 3.88. The Morgan fingerprint density at radius 1 is 1.19 bits per heavy atom. The molecule has 2 aromatic rings. The fourth-order valence-corrected chi connectivity index (χ4v) is 2.28. The van der Waals surface area contributed by atoms with E-state index in [4.69, 9.17) is 27.6 Å². The van der Waals surface area contributed by atoms with Gasteiger partial charge in [0.25, 0.3) is 0 Å². The van der Waals surface area contributed by atoms with E-state index in [1.165, 1.54) is 11.1 Å². The predicted octanol–water partition coefficient (Wildman–Crippen LogP) is 4.88. The van der Waals surface area contributed by atoms with Crippen molar-refractivity contribution in [3.63, 3.8) is 0 Å². The third-order valence-electron chi connectivity index (χ3n) is 2.72. The highest BCUT2D eigenvalue weighted by atomic mass is 35.5. The first kappa shape index (κ1) is 11.6. The second-order valence-corrected chi connectivity index (χ2v) is 4.72. The molecular formula is C13H12Cl2O. The van der Waals surface area contributed by atoms with Gasteiger partial charge in [0.15, 0.2) is 0 Å². The molecule has 1 heterocycles. The van der Waals surface area contributed by atoms with E-state index in [0.717, 1.165) is 11.1 Å². The summed E-state index contributed by atoms with van der Waals surface area (Å²) in [6.45, 7) is 4.08. The highest BCUT2D eigenvalue weighted by Gasteiger charge is 2.16. The van der Waals surface area contributed by atoms with Gasteiger partial charge in [-0.2, -0.15) is 0 Å². The standard InChI is InChI=1S/C13H12Cl2O/c1-8-5-11(12(14)6-9(8)2)13(15)10-3-4-16-7-10/h3-7,13H,1-2H3. The third-order valence-corrected chi connectivity index (χ3v) is 3.54. The Labute approximate surface area is 105 Å². The van der Waals surface area contributed by atoms with Crippen LogP contribution in [0.3, 0.4) is 0 Å². The van der Waals surface area contributed by atoms with E-state index in [1.54, 1.807) is 12.5 Å². The van der Waals surface area contributed by atoms with Gasteiger partial charge in [0.1, 0.15) is 0 Å². The van der Waals surface area contributed by atoms with Gasteiger partial charge in [-0.15, -0.1) is 11.6 Å². The number of hydrogen-bond donors (Lipinski definition) is 0. The van der Waals surface area contributed by atoms with Crippen LogP contribution in [-0.4, -0.2) is 0 Å². The van der Waals surface area contributed by atoms with Crippen LogP contribution in [0.25, 0.3) is 0 Å². The van der Waals surface area contributed by atoms with Gasteiger partial charge in [0.2, 0.25) is 0 Å². The lowest BCUT2D eigenvalue weighted by molar-refractivity contribution is 0.564. The van der Waals surface area contributed by atoms with E-state index in [1.807, 2.05) is 32.0 Å². The topological polar surface area (TPSA) is 13.1 Å². The van der Waals surface area contributed by atoms with Crippen LogP contribution in [0.1, 0.15) is 27.6 Å². The number of aryl methyl sites for hydroxylation is 2. The normalized spacial score (nSPS) is 12.8. The predicted molar refractivity (Wildman–Crippen MR) is 67.3 cm³/mol. The highest BCUT2D eigenvalue weighted by molar-refractivity contribution is 6.33. The molecule has 0 N–H and O–H groups in total. The van der Waals surface area contributed by atoms with Crippen molar-refractivity contribution in [1.82, 2.24) is 0 Å². The molecule has 0 aliphatic rings. The molecule has 2 rings (SSSR count). The van der Waals surface area contributed by atoms with E-state index in [2.05, 4.69) is 0 Å². The van der Waals surface area contributed by atoms with Crippen molar-refractivity contribution < 1.29 is 4.42 Å². The Hall–Kier alpha value is -0.920. The molecule has 0 radical (unpaired) electrons. The lowest BCUT2D eigenvalue weighted by Crippen LogP contribution is -1.95. The second kappa shape index (κ2) is 4.52. The van der Waals surface area contributed by atoms with E-state index in [-0.39, 0.29) is 5.38 Å². The Kier molecular flexibility index (Phi) is 3.27. The summed E-state index contributed by atoms with van der Waals surface area (Å²) in [6, 6.07) is 5.83. The van der Waals surface area contributed by atoms with Gasteiger partial charge in [0.05, 0.1) is 17.9 Å². The molecule has 0 fully saturated rings. The average molecular weight is 255 g/mol. The van der Waals surface area contributed by atoms with Crippen LogP contribution in [0.2, 0.25) is 5.02 Å². The van der Waals surface area contributed by atoms with Crippen LogP contribution < -0.4 is 0 Å². The van der Waals surface area contributed by atoms with Crippen molar-refractivity contribution in [2.24, 2.45) is 0 Å². The fourth-order valence-electron chi connectivity index (χ4n) is 1.60. The maximum Gasteiger partial charge on any atom is 0.0952 e. The highest BCUT2D eigenvalue weighted by Crippen LogP contribution is 2.35. The number of halogens is 2. The number of alkyl halides is 1. The first-order valence-electron chi connectivity index (χ1n) is 5.02. The molecule has 1 atom stereocenters. The zero-order chi connectivity index (χ0) is 11.7. The maximum absolute atomic E-state index is 6.36. The van der Waals surface area contributed by atoms with Crippen molar-refractivity contribution in [2.75, 3.05) is 0 Å². The molecule has 3 heteroatoms. The molecule has 0 saturated heterocycles. The minimum atomic E-state index is -0.259. The summed E-state index contributed by atoms with van der Waals surface area (Å²) in [6.07, 6.45) is 3.25. The molecule has 0 aliphatic carbocycles. The lowest BCUT2D eigenvalue weighted by Gasteiger charge is -2.12. The minimum Gasteiger partial charge on any atom is -0.472 e. The summed E-state index contributed by atoms with van der Waals surface area (Å²) >= 11 is 12.6. The summed E-state index contributed by atoms with van der Waals surface area (Å²) in [5, 5.41) is 0.440. The van der Waals surface area contributed by atoms with Crippen LogP contribution >= 0.6 is 23.2 Å². The molecule has 0 spiro atoms. The molecule has 0 amide bonds. The Bertz CT molecular complexity index is 489. The Morgan fingerprint density at radius 2 is 1.88 bits per heavy atom. The summed E-state index contributed by atoms with van der Waals surface area (Å²) in [5.74, 6) is 0. The van der Waals surface area contributed by atoms with Gasteiger partial charge in [-0.3, -0.25) is 0 Å². The van der Waals surface area contributed by atoms with E-state index >= 15 is 0 Å². The molecule has 1 nitrogen and oxygen atoms in total. The zero-order valence-electron chi connectivity index (χ0n) is 9.13. The van der Waals surface area contributed by atoms with Gasteiger partial charge in [-0.25, -0.2) is 0 Å². The van der Waals surface area contributed by atoms with E-state index in [9.17, 15) is 0 Å². The summed E-state index contributed by atoms with van der Waals surface area (Å²) in [4.78, 5) is 0. The molecule has 1 aromatic heterocycles. The number of rotatable bonds is 2. The molecule has 0 aliphatic heterocycles. The van der Waals surface area contributed by atoms with Crippen molar-refractivity contribution in [3.8, 4) is 0 Å². The fraction of sp³-hybridized carbons (Fsp3) is 0.231. The smallest absolute Gasteiger partial charge is 0.0952 e. The van der Waals surface area contributed by atoms with E-state index < -0.39 is 0 Å².